The second-order valence-electron chi connectivity index (χ2n) is 4.79. The maximum absolute atomic E-state index is 12.2. The van der Waals surface area contributed by atoms with Crippen molar-refractivity contribution in [2.45, 2.75) is 19.9 Å². The lowest BCUT2D eigenvalue weighted by Gasteiger charge is -2.34. The molecule has 23 heavy (non-hydrogen) atoms. The molecule has 1 heterocycles. The highest BCUT2D eigenvalue weighted by atomic mass is 16.6. The average Bonchev–Trinajstić information content (AvgIpc) is 2.54. The zero-order valence-electron chi connectivity index (χ0n) is 12.7. The first-order valence-electron chi connectivity index (χ1n) is 6.91. The monoisotopic (exact) mass is 310 g/mol. The van der Waals surface area contributed by atoms with E-state index in [-0.39, 0.29) is 12.2 Å². The summed E-state index contributed by atoms with van der Waals surface area (Å²) in [5.41, 5.74) is 1.44. The molecule has 7 heteroatoms. The fraction of sp³-hybridized carbons (Fsp3) is 0.250. The first-order valence-corrected chi connectivity index (χ1v) is 6.91. The maximum atomic E-state index is 12.2. The lowest BCUT2D eigenvalue weighted by atomic mass is 9.94. The minimum absolute atomic E-state index is 0.0954. The van der Waals surface area contributed by atoms with Crippen molar-refractivity contribution in [3.8, 4) is 12.1 Å². The molecule has 1 N–H and O–H groups in total. The Hall–Kier alpha value is -3.32. The van der Waals surface area contributed by atoms with Gasteiger partial charge in [-0.05, 0) is 31.5 Å². The van der Waals surface area contributed by atoms with Gasteiger partial charge >= 0.3 is 12.1 Å². The summed E-state index contributed by atoms with van der Waals surface area (Å²) in [4.78, 5) is 25.2. The van der Waals surface area contributed by atoms with Gasteiger partial charge in [0.1, 0.15) is 6.04 Å². The Balaban J connectivity index is 2.61. The van der Waals surface area contributed by atoms with Gasteiger partial charge in [0.25, 0.3) is 0 Å². The van der Waals surface area contributed by atoms with E-state index in [9.17, 15) is 14.9 Å². The van der Waals surface area contributed by atoms with Crippen molar-refractivity contribution < 1.29 is 14.3 Å². The fourth-order valence-corrected chi connectivity index (χ4v) is 2.36. The summed E-state index contributed by atoms with van der Waals surface area (Å²) in [5, 5.41) is 20.9. The van der Waals surface area contributed by atoms with E-state index in [0.29, 0.717) is 16.8 Å². The van der Waals surface area contributed by atoms with Crippen LogP contribution in [0.5, 0.6) is 0 Å². The van der Waals surface area contributed by atoms with Crippen LogP contribution in [0.15, 0.2) is 35.5 Å². The number of carbonyl (C=O) groups excluding carboxylic acids is 2. The highest BCUT2D eigenvalue weighted by molar-refractivity contribution is 5.94. The van der Waals surface area contributed by atoms with Crippen LogP contribution in [-0.4, -0.2) is 23.6 Å². The van der Waals surface area contributed by atoms with Crippen molar-refractivity contribution in [2.24, 2.45) is 0 Å². The highest BCUT2D eigenvalue weighted by Crippen LogP contribution is 2.33. The summed E-state index contributed by atoms with van der Waals surface area (Å²) in [5.74, 6) is 0. The third-order valence-corrected chi connectivity index (χ3v) is 3.37. The number of urea groups is 1. The number of nitrogens with zero attached hydrogens (tertiary/aromatic N) is 3. The first kappa shape index (κ1) is 16.1. The number of imide groups is 1. The predicted molar refractivity (Wildman–Crippen MR) is 79.6 cm³/mol. The zero-order chi connectivity index (χ0) is 17.0. The van der Waals surface area contributed by atoms with E-state index in [1.165, 1.54) is 0 Å². The molecule has 0 bridgehead atoms. The van der Waals surface area contributed by atoms with Crippen molar-refractivity contribution in [3.63, 3.8) is 0 Å². The molecule has 0 saturated carbocycles. The second-order valence-corrected chi connectivity index (χ2v) is 4.79. The van der Waals surface area contributed by atoms with Crippen LogP contribution < -0.4 is 5.32 Å². The molecule has 0 fully saturated rings. The van der Waals surface area contributed by atoms with E-state index >= 15 is 0 Å². The maximum Gasteiger partial charge on any atom is 0.418 e. The van der Waals surface area contributed by atoms with Crippen molar-refractivity contribution in [3.05, 3.63) is 46.7 Å². The van der Waals surface area contributed by atoms with Crippen LogP contribution in [0.1, 0.15) is 31.0 Å². The summed E-state index contributed by atoms with van der Waals surface area (Å²) in [6.07, 6.45) is -0.849. The molecule has 0 saturated heterocycles. The molecule has 2 rings (SSSR count). The van der Waals surface area contributed by atoms with Crippen molar-refractivity contribution in [1.29, 1.82) is 10.5 Å². The van der Waals surface area contributed by atoms with Crippen LogP contribution in [0.4, 0.5) is 9.59 Å². The molecule has 116 valence electrons. The molecule has 0 radical (unpaired) electrons. The molecule has 7 nitrogen and oxygen atoms in total. The van der Waals surface area contributed by atoms with Gasteiger partial charge in [0.15, 0.2) is 0 Å². The third-order valence-electron chi connectivity index (χ3n) is 3.37. The number of allylic oxidation sites excluding steroid dienone is 1. The smallest absolute Gasteiger partial charge is 0.418 e. The topological polar surface area (TPSA) is 106 Å². The summed E-state index contributed by atoms with van der Waals surface area (Å²) in [7, 11) is 0. The second kappa shape index (κ2) is 6.63. The van der Waals surface area contributed by atoms with Crippen molar-refractivity contribution in [2.75, 3.05) is 6.61 Å². The van der Waals surface area contributed by atoms with Gasteiger partial charge in [0.2, 0.25) is 0 Å². The normalized spacial score (nSPS) is 17.1. The van der Waals surface area contributed by atoms with E-state index in [1.54, 1.807) is 38.1 Å². The number of nitrogens with one attached hydrogen (secondary N) is 1. The van der Waals surface area contributed by atoms with Crippen LogP contribution in [0.3, 0.4) is 0 Å². The van der Waals surface area contributed by atoms with E-state index in [4.69, 9.17) is 10.00 Å². The van der Waals surface area contributed by atoms with Gasteiger partial charge in [0.05, 0.1) is 29.9 Å². The van der Waals surface area contributed by atoms with E-state index in [2.05, 4.69) is 5.32 Å². The summed E-state index contributed by atoms with van der Waals surface area (Å²) < 4.78 is 4.92. The molecule has 1 aromatic carbocycles. The Morgan fingerprint density at radius 3 is 2.74 bits per heavy atom. The highest BCUT2D eigenvalue weighted by Gasteiger charge is 2.39. The quantitative estimate of drug-likeness (QED) is 0.903. The number of hydrogen-bond donors (Lipinski definition) is 1. The van der Waals surface area contributed by atoms with E-state index in [1.807, 2.05) is 12.1 Å². The molecule has 0 aliphatic carbocycles. The molecule has 0 spiro atoms. The number of benzene rings is 1. The SMILES string of the molecule is CCOC(=O)N1C(=O)NC(C)=C(C#N)C1c1cccc(C#N)c1. The Kier molecular flexibility index (Phi) is 4.63. The molecule has 3 amide bonds. The van der Waals surface area contributed by atoms with Crippen molar-refractivity contribution in [1.82, 2.24) is 10.2 Å². The minimum Gasteiger partial charge on any atom is -0.449 e. The molecule has 1 atom stereocenters. The van der Waals surface area contributed by atoms with Gasteiger partial charge in [-0.3, -0.25) is 0 Å². The van der Waals surface area contributed by atoms with E-state index < -0.39 is 18.2 Å². The minimum atomic E-state index is -0.930. The molecular formula is C16H14N4O3. The third kappa shape index (κ3) is 2.99. The van der Waals surface area contributed by atoms with Gasteiger partial charge in [-0.25, -0.2) is 14.5 Å². The molecule has 1 unspecified atom stereocenters. The number of amides is 3. The van der Waals surface area contributed by atoms with Gasteiger partial charge in [0, 0.05) is 5.70 Å². The molecule has 1 aromatic rings. The molecular weight excluding hydrogens is 296 g/mol. The summed E-state index contributed by atoms with van der Waals surface area (Å²) in [6.45, 7) is 3.30. The fourth-order valence-electron chi connectivity index (χ4n) is 2.36. The number of carbonyl (C=O) groups is 2. The Morgan fingerprint density at radius 2 is 2.13 bits per heavy atom. The molecule has 1 aliphatic heterocycles. The van der Waals surface area contributed by atoms with E-state index in [0.717, 1.165) is 4.90 Å². The van der Waals surface area contributed by atoms with Gasteiger partial charge < -0.3 is 10.1 Å². The molecule has 1 aliphatic rings. The average molecular weight is 310 g/mol. The van der Waals surface area contributed by atoms with Gasteiger partial charge in [-0.15, -0.1) is 0 Å². The summed E-state index contributed by atoms with van der Waals surface area (Å²) >= 11 is 0. The number of ether oxygens (including phenoxy) is 1. The van der Waals surface area contributed by atoms with Gasteiger partial charge in [-0.2, -0.15) is 10.5 Å². The van der Waals surface area contributed by atoms with Crippen LogP contribution in [0.25, 0.3) is 0 Å². The lowest BCUT2D eigenvalue weighted by molar-refractivity contribution is 0.104. The number of rotatable bonds is 2. The lowest BCUT2D eigenvalue weighted by Crippen LogP contribution is -2.50. The van der Waals surface area contributed by atoms with Crippen LogP contribution in [0, 0.1) is 22.7 Å². The standard InChI is InChI=1S/C16H14N4O3/c1-3-23-16(22)20-14(12-6-4-5-11(7-12)8-17)13(9-18)10(2)19-15(20)21/h4-7,14H,3H2,1-2H3,(H,19,21). The zero-order valence-corrected chi connectivity index (χ0v) is 12.7. The first-order chi connectivity index (χ1) is 11.0. The van der Waals surface area contributed by atoms with Crippen LogP contribution >= 0.6 is 0 Å². The number of hydrogen-bond acceptors (Lipinski definition) is 5. The molecule has 0 aromatic heterocycles. The Bertz CT molecular complexity index is 770. The number of nitriles is 2. The Morgan fingerprint density at radius 1 is 1.39 bits per heavy atom. The van der Waals surface area contributed by atoms with Crippen LogP contribution in [0.2, 0.25) is 0 Å². The summed E-state index contributed by atoms with van der Waals surface area (Å²) in [6, 6.07) is 8.84. The largest absolute Gasteiger partial charge is 0.449 e. The Labute approximate surface area is 133 Å². The van der Waals surface area contributed by atoms with Gasteiger partial charge in [-0.1, -0.05) is 12.1 Å². The predicted octanol–water partition coefficient (Wildman–Crippen LogP) is 2.58. The van der Waals surface area contributed by atoms with Crippen LogP contribution in [-0.2, 0) is 4.74 Å². The van der Waals surface area contributed by atoms with Crippen molar-refractivity contribution >= 4 is 12.1 Å².